The van der Waals surface area contributed by atoms with Gasteiger partial charge in [-0.05, 0) is 45.3 Å². The van der Waals surface area contributed by atoms with Crippen molar-refractivity contribution in [3.63, 3.8) is 0 Å². The molecule has 1 aliphatic rings. The van der Waals surface area contributed by atoms with Crippen LogP contribution in [0.4, 0.5) is 0 Å². The van der Waals surface area contributed by atoms with E-state index in [-0.39, 0.29) is 5.97 Å². The SMILES string of the molecule is CCCN(Cc1cc(C(=O)OC)c(C)o1)C1CCCNC1. The lowest BCUT2D eigenvalue weighted by Gasteiger charge is -2.33. The zero-order valence-electron chi connectivity index (χ0n) is 13.3. The molecule has 1 aromatic heterocycles. The molecule has 0 saturated carbocycles. The Morgan fingerprint density at radius 1 is 1.57 bits per heavy atom. The van der Waals surface area contributed by atoms with Crippen molar-refractivity contribution in [2.45, 2.75) is 45.7 Å². The number of hydrogen-bond donors (Lipinski definition) is 1. The van der Waals surface area contributed by atoms with Crippen LogP contribution in [0.5, 0.6) is 0 Å². The first-order valence-electron chi connectivity index (χ1n) is 7.78. The van der Waals surface area contributed by atoms with Gasteiger partial charge in [0.15, 0.2) is 0 Å². The number of nitrogens with zero attached hydrogens (tertiary/aromatic N) is 1. The normalized spacial score (nSPS) is 19.0. The summed E-state index contributed by atoms with van der Waals surface area (Å²) >= 11 is 0. The molecule has 0 aliphatic carbocycles. The van der Waals surface area contributed by atoms with Crippen LogP contribution in [0.25, 0.3) is 0 Å². The van der Waals surface area contributed by atoms with Gasteiger partial charge in [0, 0.05) is 12.6 Å². The number of piperidine rings is 1. The zero-order valence-corrected chi connectivity index (χ0v) is 13.3. The molecule has 5 heteroatoms. The van der Waals surface area contributed by atoms with Crippen LogP contribution in [0, 0.1) is 6.92 Å². The molecule has 118 valence electrons. The Hall–Kier alpha value is -1.33. The predicted molar refractivity (Wildman–Crippen MR) is 81.4 cm³/mol. The Morgan fingerprint density at radius 3 is 3.00 bits per heavy atom. The highest BCUT2D eigenvalue weighted by molar-refractivity contribution is 5.90. The summed E-state index contributed by atoms with van der Waals surface area (Å²) < 4.78 is 10.5. The molecule has 5 nitrogen and oxygen atoms in total. The molecule has 0 bridgehead atoms. The minimum absolute atomic E-state index is 0.330. The van der Waals surface area contributed by atoms with Crippen LogP contribution >= 0.6 is 0 Å². The number of ether oxygens (including phenoxy) is 1. The molecule has 0 radical (unpaired) electrons. The lowest BCUT2D eigenvalue weighted by Crippen LogP contribution is -2.45. The minimum atomic E-state index is -0.330. The van der Waals surface area contributed by atoms with Crippen molar-refractivity contribution in [2.75, 3.05) is 26.7 Å². The highest BCUT2D eigenvalue weighted by Gasteiger charge is 2.23. The first-order valence-corrected chi connectivity index (χ1v) is 7.78. The molecule has 1 atom stereocenters. The van der Waals surface area contributed by atoms with Crippen molar-refractivity contribution in [3.8, 4) is 0 Å². The number of rotatable bonds is 6. The van der Waals surface area contributed by atoms with Gasteiger partial charge in [0.25, 0.3) is 0 Å². The van der Waals surface area contributed by atoms with Crippen molar-refractivity contribution in [1.29, 1.82) is 0 Å². The monoisotopic (exact) mass is 294 g/mol. The van der Waals surface area contributed by atoms with Gasteiger partial charge in [-0.2, -0.15) is 0 Å². The summed E-state index contributed by atoms with van der Waals surface area (Å²) in [4.78, 5) is 14.1. The molecule has 1 unspecified atom stereocenters. The third-order valence-corrected chi connectivity index (χ3v) is 4.03. The van der Waals surface area contributed by atoms with Gasteiger partial charge in [0.2, 0.25) is 0 Å². The standard InChI is InChI=1S/C16H26N2O3/c1-4-8-18(13-6-5-7-17-10-13)11-14-9-15(12(2)21-14)16(19)20-3/h9,13,17H,4-8,10-11H2,1-3H3. The smallest absolute Gasteiger partial charge is 0.341 e. The maximum Gasteiger partial charge on any atom is 0.341 e. The van der Waals surface area contributed by atoms with Crippen LogP contribution in [-0.4, -0.2) is 43.7 Å². The maximum absolute atomic E-state index is 11.7. The van der Waals surface area contributed by atoms with Crippen LogP contribution in [0.1, 0.15) is 48.1 Å². The number of furan rings is 1. The minimum Gasteiger partial charge on any atom is -0.465 e. The second-order valence-electron chi connectivity index (χ2n) is 5.64. The van der Waals surface area contributed by atoms with Crippen molar-refractivity contribution in [3.05, 3.63) is 23.2 Å². The van der Waals surface area contributed by atoms with E-state index >= 15 is 0 Å². The molecular weight excluding hydrogens is 268 g/mol. The number of carbonyl (C=O) groups excluding carboxylic acids is 1. The van der Waals surface area contributed by atoms with Crippen molar-refractivity contribution in [1.82, 2.24) is 10.2 Å². The number of hydrogen-bond acceptors (Lipinski definition) is 5. The second-order valence-corrected chi connectivity index (χ2v) is 5.64. The molecule has 0 amide bonds. The first kappa shape index (κ1) is 16.0. The summed E-state index contributed by atoms with van der Waals surface area (Å²) in [5, 5.41) is 3.46. The highest BCUT2D eigenvalue weighted by atomic mass is 16.5. The van der Waals surface area contributed by atoms with E-state index in [2.05, 4.69) is 17.1 Å². The fourth-order valence-corrected chi connectivity index (χ4v) is 2.96. The number of aryl methyl sites for hydroxylation is 1. The maximum atomic E-state index is 11.7. The van der Waals surface area contributed by atoms with Crippen LogP contribution in [-0.2, 0) is 11.3 Å². The van der Waals surface area contributed by atoms with Gasteiger partial charge >= 0.3 is 5.97 Å². The quantitative estimate of drug-likeness (QED) is 0.816. The average Bonchev–Trinajstić information content (AvgIpc) is 2.87. The number of carbonyl (C=O) groups is 1. The molecule has 2 heterocycles. The Morgan fingerprint density at radius 2 is 2.38 bits per heavy atom. The van der Waals surface area contributed by atoms with E-state index in [1.807, 2.05) is 13.0 Å². The van der Waals surface area contributed by atoms with Crippen LogP contribution in [0.15, 0.2) is 10.5 Å². The molecule has 1 aliphatic heterocycles. The Bertz CT molecular complexity index is 464. The van der Waals surface area contributed by atoms with Crippen molar-refractivity contribution >= 4 is 5.97 Å². The summed E-state index contributed by atoms with van der Waals surface area (Å²) in [6, 6.07) is 2.37. The number of methoxy groups -OCH3 is 1. The predicted octanol–water partition coefficient (Wildman–Crippen LogP) is 2.34. The Kier molecular flexibility index (Phi) is 5.82. The molecule has 1 fully saturated rings. The molecule has 0 aromatic carbocycles. The summed E-state index contributed by atoms with van der Waals surface area (Å²) in [7, 11) is 1.39. The molecular formula is C16H26N2O3. The van der Waals surface area contributed by atoms with Crippen molar-refractivity contribution < 1.29 is 13.9 Å². The number of esters is 1. The molecule has 1 aromatic rings. The topological polar surface area (TPSA) is 54.7 Å². The lowest BCUT2D eigenvalue weighted by molar-refractivity contribution is 0.0599. The van der Waals surface area contributed by atoms with Gasteiger partial charge in [-0.25, -0.2) is 4.79 Å². The first-order chi connectivity index (χ1) is 10.2. The van der Waals surface area contributed by atoms with Gasteiger partial charge in [0.05, 0.1) is 13.7 Å². The Balaban J connectivity index is 2.07. The number of nitrogens with one attached hydrogen (secondary N) is 1. The van der Waals surface area contributed by atoms with Crippen LogP contribution in [0.3, 0.4) is 0 Å². The fourth-order valence-electron chi connectivity index (χ4n) is 2.96. The van der Waals surface area contributed by atoms with E-state index in [4.69, 9.17) is 9.15 Å². The molecule has 1 N–H and O–H groups in total. The Labute approximate surface area is 126 Å². The van der Waals surface area contributed by atoms with E-state index in [1.54, 1.807) is 0 Å². The van der Waals surface area contributed by atoms with Gasteiger partial charge in [-0.1, -0.05) is 6.92 Å². The highest BCUT2D eigenvalue weighted by Crippen LogP contribution is 2.20. The average molecular weight is 294 g/mol. The molecule has 0 spiro atoms. The van der Waals surface area contributed by atoms with Gasteiger partial charge in [-0.3, -0.25) is 4.90 Å². The van der Waals surface area contributed by atoms with Gasteiger partial charge < -0.3 is 14.5 Å². The summed E-state index contributed by atoms with van der Waals surface area (Å²) in [6.07, 6.45) is 3.55. The van der Waals surface area contributed by atoms with E-state index < -0.39 is 0 Å². The van der Waals surface area contributed by atoms with Crippen molar-refractivity contribution in [2.24, 2.45) is 0 Å². The van der Waals surface area contributed by atoms with Gasteiger partial charge in [0.1, 0.15) is 17.1 Å². The summed E-state index contributed by atoms with van der Waals surface area (Å²) in [5.41, 5.74) is 0.533. The zero-order chi connectivity index (χ0) is 15.2. The van der Waals surface area contributed by atoms with E-state index in [0.717, 1.165) is 38.4 Å². The summed E-state index contributed by atoms with van der Waals surface area (Å²) in [6.45, 7) is 7.93. The third kappa shape index (κ3) is 4.08. The van der Waals surface area contributed by atoms with E-state index in [1.165, 1.54) is 20.0 Å². The fraction of sp³-hybridized carbons (Fsp3) is 0.688. The molecule has 21 heavy (non-hydrogen) atoms. The lowest BCUT2D eigenvalue weighted by atomic mass is 10.1. The van der Waals surface area contributed by atoms with Crippen LogP contribution in [0.2, 0.25) is 0 Å². The van der Waals surface area contributed by atoms with E-state index in [0.29, 0.717) is 17.4 Å². The molecule has 1 saturated heterocycles. The molecule has 2 rings (SSSR count). The summed E-state index contributed by atoms with van der Waals surface area (Å²) in [5.74, 6) is 1.14. The largest absolute Gasteiger partial charge is 0.465 e. The van der Waals surface area contributed by atoms with Crippen LogP contribution < -0.4 is 5.32 Å². The second kappa shape index (κ2) is 7.61. The van der Waals surface area contributed by atoms with Gasteiger partial charge in [-0.15, -0.1) is 0 Å². The third-order valence-electron chi connectivity index (χ3n) is 4.03. The van der Waals surface area contributed by atoms with E-state index in [9.17, 15) is 4.79 Å².